The minimum Gasteiger partial charge on any atom is -0.478 e. The molecule has 104 valence electrons. The lowest BCUT2D eigenvalue weighted by Crippen LogP contribution is -2.29. The van der Waals surface area contributed by atoms with Gasteiger partial charge in [0.25, 0.3) is 0 Å². The molecule has 1 rings (SSSR count). The first-order valence-corrected chi connectivity index (χ1v) is 6.03. The van der Waals surface area contributed by atoms with Crippen molar-refractivity contribution in [2.24, 2.45) is 11.7 Å². The fraction of sp³-hybridized carbons (Fsp3) is 0.385. The van der Waals surface area contributed by atoms with Gasteiger partial charge in [0.2, 0.25) is 5.91 Å². The van der Waals surface area contributed by atoms with Crippen molar-refractivity contribution in [1.82, 2.24) is 0 Å². The van der Waals surface area contributed by atoms with Gasteiger partial charge in [-0.25, -0.2) is 9.18 Å². The maximum atomic E-state index is 13.6. The van der Waals surface area contributed by atoms with Crippen LogP contribution in [0, 0.1) is 11.7 Å². The second-order valence-corrected chi connectivity index (χ2v) is 4.21. The molecule has 0 spiro atoms. The number of hydrogen-bond acceptors (Lipinski definition) is 3. The Morgan fingerprint density at radius 1 is 1.47 bits per heavy atom. The number of anilines is 1. The third-order valence-electron chi connectivity index (χ3n) is 2.77. The minimum absolute atomic E-state index is 0.0375. The Morgan fingerprint density at radius 2 is 2.16 bits per heavy atom. The van der Waals surface area contributed by atoms with Crippen LogP contribution in [0.15, 0.2) is 18.2 Å². The van der Waals surface area contributed by atoms with Crippen LogP contribution in [0.25, 0.3) is 0 Å². The number of carbonyl (C=O) groups is 2. The van der Waals surface area contributed by atoms with Gasteiger partial charge in [-0.2, -0.15) is 0 Å². The third kappa shape index (κ3) is 4.03. The van der Waals surface area contributed by atoms with Gasteiger partial charge < -0.3 is 16.2 Å². The number of amides is 1. The summed E-state index contributed by atoms with van der Waals surface area (Å²) in [7, 11) is 0. The maximum absolute atomic E-state index is 13.6. The fourth-order valence-electron chi connectivity index (χ4n) is 1.69. The molecular formula is C13H17FN2O3. The number of halogens is 1. The maximum Gasteiger partial charge on any atom is 0.335 e. The highest BCUT2D eigenvalue weighted by Crippen LogP contribution is 2.17. The van der Waals surface area contributed by atoms with Crippen LogP contribution in [0.5, 0.6) is 0 Å². The van der Waals surface area contributed by atoms with Crippen LogP contribution in [0.3, 0.4) is 0 Å². The molecule has 0 aromatic heterocycles. The van der Waals surface area contributed by atoms with Crippen LogP contribution in [0.2, 0.25) is 0 Å². The summed E-state index contributed by atoms with van der Waals surface area (Å²) in [4.78, 5) is 22.5. The number of carboxylic acid groups (broad SMARTS) is 1. The molecule has 0 saturated heterocycles. The van der Waals surface area contributed by atoms with Crippen molar-refractivity contribution < 1.29 is 19.1 Å². The molecule has 6 heteroatoms. The van der Waals surface area contributed by atoms with Crippen LogP contribution in [-0.4, -0.2) is 23.5 Å². The Labute approximate surface area is 110 Å². The third-order valence-corrected chi connectivity index (χ3v) is 2.77. The van der Waals surface area contributed by atoms with Crippen molar-refractivity contribution in [1.29, 1.82) is 0 Å². The van der Waals surface area contributed by atoms with Crippen molar-refractivity contribution >= 4 is 17.6 Å². The predicted octanol–water partition coefficient (Wildman–Crippen LogP) is 1.84. The van der Waals surface area contributed by atoms with E-state index in [4.69, 9.17) is 10.8 Å². The lowest BCUT2D eigenvalue weighted by atomic mass is 10.0. The summed E-state index contributed by atoms with van der Waals surface area (Å²) in [6.07, 6.45) is 1.42. The number of rotatable bonds is 6. The smallest absolute Gasteiger partial charge is 0.335 e. The van der Waals surface area contributed by atoms with Gasteiger partial charge in [-0.15, -0.1) is 0 Å². The number of benzene rings is 1. The quantitative estimate of drug-likeness (QED) is 0.734. The van der Waals surface area contributed by atoms with Gasteiger partial charge in [0, 0.05) is 6.54 Å². The molecule has 1 unspecified atom stereocenters. The molecule has 0 heterocycles. The average Bonchev–Trinajstić information content (AvgIpc) is 2.37. The molecule has 1 aromatic rings. The molecule has 1 aromatic carbocycles. The van der Waals surface area contributed by atoms with Crippen LogP contribution in [0.1, 0.15) is 30.1 Å². The average molecular weight is 268 g/mol. The summed E-state index contributed by atoms with van der Waals surface area (Å²) < 4.78 is 13.6. The highest BCUT2D eigenvalue weighted by atomic mass is 19.1. The molecule has 0 radical (unpaired) electrons. The molecule has 4 N–H and O–H groups in total. The Hall–Kier alpha value is -1.95. The zero-order valence-electron chi connectivity index (χ0n) is 10.6. The molecule has 19 heavy (non-hydrogen) atoms. The highest BCUT2D eigenvalue weighted by molar-refractivity contribution is 5.94. The summed E-state index contributed by atoms with van der Waals surface area (Å²) in [6.45, 7) is 2.12. The van der Waals surface area contributed by atoms with E-state index in [2.05, 4.69) is 5.32 Å². The van der Waals surface area contributed by atoms with Gasteiger partial charge in [0.1, 0.15) is 5.82 Å². The SMILES string of the molecule is CCCC(CN)C(=O)Nc1ccc(C(=O)O)cc1F. The first kappa shape index (κ1) is 15.1. The Balaban J connectivity index is 2.82. The van der Waals surface area contributed by atoms with E-state index in [0.29, 0.717) is 6.42 Å². The Kier molecular flexibility index (Phi) is 5.44. The molecule has 0 saturated carbocycles. The second kappa shape index (κ2) is 6.84. The van der Waals surface area contributed by atoms with Crippen LogP contribution >= 0.6 is 0 Å². The first-order valence-electron chi connectivity index (χ1n) is 6.03. The summed E-state index contributed by atoms with van der Waals surface area (Å²) in [6, 6.07) is 3.34. The molecule has 1 amide bonds. The van der Waals surface area contributed by atoms with Gasteiger partial charge in [-0.1, -0.05) is 13.3 Å². The summed E-state index contributed by atoms with van der Waals surface area (Å²) in [5.74, 6) is -2.72. The number of carboxylic acids is 1. The first-order chi connectivity index (χ1) is 8.99. The fourth-order valence-corrected chi connectivity index (χ4v) is 1.69. The summed E-state index contributed by atoms with van der Waals surface area (Å²) >= 11 is 0. The van der Waals surface area contributed by atoms with E-state index in [1.807, 2.05) is 6.92 Å². The van der Waals surface area contributed by atoms with Gasteiger partial charge >= 0.3 is 5.97 Å². The zero-order valence-corrected chi connectivity index (χ0v) is 10.6. The van der Waals surface area contributed by atoms with E-state index in [0.717, 1.165) is 12.5 Å². The van der Waals surface area contributed by atoms with Crippen molar-refractivity contribution in [2.45, 2.75) is 19.8 Å². The monoisotopic (exact) mass is 268 g/mol. The highest BCUT2D eigenvalue weighted by Gasteiger charge is 2.17. The van der Waals surface area contributed by atoms with Gasteiger partial charge in [-0.3, -0.25) is 4.79 Å². The molecule has 5 nitrogen and oxygen atoms in total. The Morgan fingerprint density at radius 3 is 2.63 bits per heavy atom. The molecule has 0 aliphatic heterocycles. The topological polar surface area (TPSA) is 92.4 Å². The number of aromatic carboxylic acids is 1. The molecule has 0 aliphatic carbocycles. The molecule has 0 fully saturated rings. The molecule has 0 aliphatic rings. The molecule has 1 atom stereocenters. The van der Waals surface area contributed by atoms with Crippen LogP contribution in [-0.2, 0) is 4.79 Å². The number of carbonyl (C=O) groups excluding carboxylic acids is 1. The molecular weight excluding hydrogens is 251 g/mol. The lowest BCUT2D eigenvalue weighted by molar-refractivity contribution is -0.119. The zero-order chi connectivity index (χ0) is 14.4. The van der Waals surface area contributed by atoms with E-state index in [1.165, 1.54) is 12.1 Å². The summed E-state index contributed by atoms with van der Waals surface area (Å²) in [5.41, 5.74) is 5.28. The van der Waals surface area contributed by atoms with E-state index < -0.39 is 11.8 Å². The largest absolute Gasteiger partial charge is 0.478 e. The normalized spacial score (nSPS) is 11.9. The lowest BCUT2D eigenvalue weighted by Gasteiger charge is -2.14. The number of nitrogens with one attached hydrogen (secondary N) is 1. The summed E-state index contributed by atoms with van der Waals surface area (Å²) in [5, 5.41) is 11.1. The van der Waals surface area contributed by atoms with Crippen molar-refractivity contribution in [2.75, 3.05) is 11.9 Å². The minimum atomic E-state index is -1.22. The van der Waals surface area contributed by atoms with E-state index >= 15 is 0 Å². The Bertz CT molecular complexity index is 477. The molecule has 0 bridgehead atoms. The standard InChI is InChI=1S/C13H17FN2O3/c1-2-3-9(7-15)12(17)16-11-5-4-8(13(18)19)6-10(11)14/h4-6,9H,2-3,7,15H2,1H3,(H,16,17)(H,18,19). The second-order valence-electron chi connectivity index (χ2n) is 4.21. The van der Waals surface area contributed by atoms with Crippen LogP contribution < -0.4 is 11.1 Å². The van der Waals surface area contributed by atoms with Crippen molar-refractivity contribution in [3.63, 3.8) is 0 Å². The van der Waals surface area contributed by atoms with Crippen LogP contribution in [0.4, 0.5) is 10.1 Å². The number of nitrogens with two attached hydrogens (primary N) is 1. The van der Waals surface area contributed by atoms with Crippen molar-refractivity contribution in [3.8, 4) is 0 Å². The van der Waals surface area contributed by atoms with Crippen molar-refractivity contribution in [3.05, 3.63) is 29.6 Å². The number of hydrogen-bond donors (Lipinski definition) is 3. The predicted molar refractivity (Wildman–Crippen MR) is 69.4 cm³/mol. The van der Waals surface area contributed by atoms with Gasteiger partial charge in [0.15, 0.2) is 0 Å². The van der Waals surface area contributed by atoms with Gasteiger partial charge in [-0.05, 0) is 24.6 Å². The van der Waals surface area contributed by atoms with E-state index in [1.54, 1.807) is 0 Å². The van der Waals surface area contributed by atoms with E-state index in [9.17, 15) is 14.0 Å². The van der Waals surface area contributed by atoms with E-state index in [-0.39, 0.29) is 29.6 Å². The van der Waals surface area contributed by atoms with Gasteiger partial charge in [0.05, 0.1) is 17.2 Å².